The van der Waals surface area contributed by atoms with E-state index >= 15 is 0 Å². The summed E-state index contributed by atoms with van der Waals surface area (Å²) < 4.78 is 1.74. The zero-order valence-corrected chi connectivity index (χ0v) is 13.9. The molecular formula is C19H20N4O. The van der Waals surface area contributed by atoms with Crippen LogP contribution in [0.2, 0.25) is 0 Å². The van der Waals surface area contributed by atoms with Gasteiger partial charge < -0.3 is 5.32 Å². The van der Waals surface area contributed by atoms with Gasteiger partial charge in [0.2, 0.25) is 0 Å². The molecule has 0 atom stereocenters. The molecule has 0 aliphatic rings. The lowest BCUT2D eigenvalue weighted by Crippen LogP contribution is -2.15. The van der Waals surface area contributed by atoms with Crippen molar-refractivity contribution < 1.29 is 4.79 Å². The van der Waals surface area contributed by atoms with Crippen LogP contribution in [0.15, 0.2) is 54.6 Å². The lowest BCUT2D eigenvalue weighted by molar-refractivity contribution is 0.102. The number of carbonyl (C=O) groups is 1. The number of benzene rings is 2. The van der Waals surface area contributed by atoms with Crippen LogP contribution in [-0.4, -0.2) is 20.9 Å². The highest BCUT2D eigenvalue weighted by atomic mass is 16.2. The maximum atomic E-state index is 12.6. The number of hydrogen-bond acceptors (Lipinski definition) is 3. The standard InChI is InChI=1S/C19H20N4O/c1-3-7-17-18(19(24)20-15-12-10-14(2)11-13-15)21-22-23(17)16-8-5-4-6-9-16/h4-6,8-13H,3,7H2,1-2H3,(H,20,24). The molecule has 1 aromatic heterocycles. The molecule has 0 saturated heterocycles. The van der Waals surface area contributed by atoms with Gasteiger partial charge >= 0.3 is 0 Å². The van der Waals surface area contributed by atoms with Crippen molar-refractivity contribution in [3.8, 4) is 5.69 Å². The Morgan fingerprint density at radius 3 is 2.46 bits per heavy atom. The Hall–Kier alpha value is -2.95. The fourth-order valence-electron chi connectivity index (χ4n) is 2.54. The Morgan fingerprint density at radius 2 is 1.79 bits per heavy atom. The summed E-state index contributed by atoms with van der Waals surface area (Å²) in [4.78, 5) is 12.6. The monoisotopic (exact) mass is 320 g/mol. The molecule has 0 saturated carbocycles. The molecule has 5 heteroatoms. The summed E-state index contributed by atoms with van der Waals surface area (Å²) in [5.74, 6) is -0.232. The van der Waals surface area contributed by atoms with E-state index in [0.717, 1.165) is 35.5 Å². The molecule has 1 heterocycles. The third-order valence-electron chi connectivity index (χ3n) is 3.78. The SMILES string of the molecule is CCCc1c(C(=O)Nc2ccc(C)cc2)nnn1-c1ccccc1. The molecule has 0 unspecified atom stereocenters. The summed E-state index contributed by atoms with van der Waals surface area (Å²) in [5.41, 5.74) is 4.01. The van der Waals surface area contributed by atoms with Crippen molar-refractivity contribution >= 4 is 11.6 Å². The maximum absolute atomic E-state index is 12.6. The number of amides is 1. The molecule has 3 aromatic rings. The minimum atomic E-state index is -0.232. The Bertz CT molecular complexity index is 822. The first-order valence-corrected chi connectivity index (χ1v) is 8.07. The quantitative estimate of drug-likeness (QED) is 0.778. The van der Waals surface area contributed by atoms with Crippen LogP contribution in [-0.2, 0) is 6.42 Å². The van der Waals surface area contributed by atoms with E-state index in [1.165, 1.54) is 0 Å². The third kappa shape index (κ3) is 3.35. The molecule has 24 heavy (non-hydrogen) atoms. The van der Waals surface area contributed by atoms with E-state index in [9.17, 15) is 4.79 Å². The highest BCUT2D eigenvalue weighted by molar-refractivity contribution is 6.03. The number of anilines is 1. The lowest BCUT2D eigenvalue weighted by atomic mass is 10.1. The number of rotatable bonds is 5. The Kier molecular flexibility index (Phi) is 4.70. The molecule has 0 spiro atoms. The van der Waals surface area contributed by atoms with Crippen LogP contribution >= 0.6 is 0 Å². The molecule has 0 fully saturated rings. The van der Waals surface area contributed by atoms with Gasteiger partial charge in [0.05, 0.1) is 11.4 Å². The zero-order valence-electron chi connectivity index (χ0n) is 13.9. The van der Waals surface area contributed by atoms with Gasteiger partial charge in [-0.3, -0.25) is 4.79 Å². The van der Waals surface area contributed by atoms with Crippen molar-refractivity contribution in [2.75, 3.05) is 5.32 Å². The van der Waals surface area contributed by atoms with Crippen molar-refractivity contribution in [1.82, 2.24) is 15.0 Å². The lowest BCUT2D eigenvalue weighted by Gasteiger charge is -2.08. The van der Waals surface area contributed by atoms with Crippen molar-refractivity contribution in [2.45, 2.75) is 26.7 Å². The van der Waals surface area contributed by atoms with E-state index in [2.05, 4.69) is 22.6 Å². The maximum Gasteiger partial charge on any atom is 0.278 e. The van der Waals surface area contributed by atoms with Crippen LogP contribution in [0.1, 0.15) is 35.1 Å². The molecule has 3 rings (SSSR count). The van der Waals surface area contributed by atoms with E-state index in [1.807, 2.05) is 61.5 Å². The zero-order chi connectivity index (χ0) is 16.9. The number of nitrogens with zero attached hydrogens (tertiary/aromatic N) is 3. The second kappa shape index (κ2) is 7.08. The molecule has 0 aliphatic carbocycles. The second-order valence-corrected chi connectivity index (χ2v) is 5.70. The number of para-hydroxylation sites is 1. The Balaban J connectivity index is 1.91. The average Bonchev–Trinajstić information content (AvgIpc) is 3.02. The van der Waals surface area contributed by atoms with Crippen LogP contribution in [0, 0.1) is 6.92 Å². The van der Waals surface area contributed by atoms with Crippen molar-refractivity contribution in [1.29, 1.82) is 0 Å². The van der Waals surface area contributed by atoms with E-state index in [-0.39, 0.29) is 5.91 Å². The van der Waals surface area contributed by atoms with E-state index in [4.69, 9.17) is 0 Å². The minimum absolute atomic E-state index is 0.232. The van der Waals surface area contributed by atoms with Crippen LogP contribution in [0.5, 0.6) is 0 Å². The normalized spacial score (nSPS) is 10.6. The molecule has 1 amide bonds. The summed E-state index contributed by atoms with van der Waals surface area (Å²) in [7, 11) is 0. The molecule has 0 aliphatic heterocycles. The fourth-order valence-corrected chi connectivity index (χ4v) is 2.54. The predicted molar refractivity (Wildman–Crippen MR) is 94.5 cm³/mol. The number of carbonyl (C=O) groups excluding carboxylic acids is 1. The first kappa shape index (κ1) is 15.9. The first-order valence-electron chi connectivity index (χ1n) is 8.07. The van der Waals surface area contributed by atoms with Crippen molar-refractivity contribution in [2.24, 2.45) is 0 Å². The molecule has 122 valence electrons. The first-order chi connectivity index (χ1) is 11.7. The van der Waals surface area contributed by atoms with Crippen molar-refractivity contribution in [3.63, 3.8) is 0 Å². The summed E-state index contributed by atoms with van der Waals surface area (Å²) >= 11 is 0. The highest BCUT2D eigenvalue weighted by Gasteiger charge is 2.20. The number of aryl methyl sites for hydroxylation is 1. The van der Waals surface area contributed by atoms with Gasteiger partial charge in [-0.05, 0) is 37.6 Å². The summed E-state index contributed by atoms with van der Waals surface area (Å²) in [6.45, 7) is 4.08. The molecule has 2 aromatic carbocycles. The van der Waals surface area contributed by atoms with Gasteiger partial charge in [-0.1, -0.05) is 54.5 Å². The molecule has 0 bridgehead atoms. The van der Waals surface area contributed by atoms with Gasteiger partial charge in [-0.2, -0.15) is 0 Å². The van der Waals surface area contributed by atoms with E-state index < -0.39 is 0 Å². The largest absolute Gasteiger partial charge is 0.321 e. The smallest absolute Gasteiger partial charge is 0.278 e. The number of aromatic nitrogens is 3. The van der Waals surface area contributed by atoms with Gasteiger partial charge in [0.25, 0.3) is 5.91 Å². The number of nitrogens with one attached hydrogen (secondary N) is 1. The van der Waals surface area contributed by atoms with Gasteiger partial charge in [0.15, 0.2) is 5.69 Å². The molecule has 0 radical (unpaired) electrons. The molecule has 5 nitrogen and oxygen atoms in total. The summed E-state index contributed by atoms with van der Waals surface area (Å²) in [6, 6.07) is 17.4. The predicted octanol–water partition coefficient (Wildman–Crippen LogP) is 3.78. The molecular weight excluding hydrogens is 300 g/mol. The van der Waals surface area contributed by atoms with Crippen LogP contribution in [0.3, 0.4) is 0 Å². The fraction of sp³-hybridized carbons (Fsp3) is 0.211. The van der Waals surface area contributed by atoms with Gasteiger partial charge in [-0.25, -0.2) is 4.68 Å². The van der Waals surface area contributed by atoms with Gasteiger partial charge in [0, 0.05) is 5.69 Å². The topological polar surface area (TPSA) is 59.8 Å². The summed E-state index contributed by atoms with van der Waals surface area (Å²) in [5, 5.41) is 11.2. The van der Waals surface area contributed by atoms with Crippen LogP contribution < -0.4 is 5.32 Å². The van der Waals surface area contributed by atoms with Gasteiger partial charge in [-0.15, -0.1) is 5.10 Å². The third-order valence-corrected chi connectivity index (χ3v) is 3.78. The van der Waals surface area contributed by atoms with Crippen molar-refractivity contribution in [3.05, 3.63) is 71.5 Å². The van der Waals surface area contributed by atoms with Gasteiger partial charge in [0.1, 0.15) is 0 Å². The van der Waals surface area contributed by atoms with Crippen LogP contribution in [0.4, 0.5) is 5.69 Å². The Morgan fingerprint density at radius 1 is 1.08 bits per heavy atom. The van der Waals surface area contributed by atoms with Crippen LogP contribution in [0.25, 0.3) is 5.69 Å². The summed E-state index contributed by atoms with van der Waals surface area (Å²) in [6.07, 6.45) is 1.64. The Labute approximate surface area is 141 Å². The van der Waals surface area contributed by atoms with E-state index in [0.29, 0.717) is 5.69 Å². The molecule has 1 N–H and O–H groups in total. The minimum Gasteiger partial charge on any atom is -0.321 e. The highest BCUT2D eigenvalue weighted by Crippen LogP contribution is 2.17. The van der Waals surface area contributed by atoms with E-state index in [1.54, 1.807) is 4.68 Å². The number of hydrogen-bond donors (Lipinski definition) is 1. The second-order valence-electron chi connectivity index (χ2n) is 5.70. The average molecular weight is 320 g/mol.